The third kappa shape index (κ3) is 11.5. The normalized spacial score (nSPS) is 16.9. The summed E-state index contributed by atoms with van der Waals surface area (Å²) in [7, 11) is 4.06. The highest BCUT2D eigenvalue weighted by Crippen LogP contribution is 2.10. The van der Waals surface area contributed by atoms with Crippen LogP contribution in [0.15, 0.2) is 35.3 Å². The zero-order chi connectivity index (χ0) is 21.8. The van der Waals surface area contributed by atoms with Crippen LogP contribution in [0.4, 0.5) is 0 Å². The van der Waals surface area contributed by atoms with Gasteiger partial charge in [-0.1, -0.05) is 30.3 Å². The number of nitrogens with one attached hydrogen (secondary N) is 2. The van der Waals surface area contributed by atoms with Crippen LogP contribution in [0.3, 0.4) is 0 Å². The Hall–Kier alpha value is -0.900. The van der Waals surface area contributed by atoms with Crippen molar-refractivity contribution in [2.45, 2.75) is 64.8 Å². The van der Waals surface area contributed by atoms with E-state index in [-0.39, 0.29) is 24.0 Å². The smallest absolute Gasteiger partial charge is 0.191 e. The highest BCUT2D eigenvalue weighted by Gasteiger charge is 2.20. The molecule has 1 aromatic rings. The maximum Gasteiger partial charge on any atom is 0.191 e. The molecule has 0 aromatic heterocycles. The number of ether oxygens (including phenoxy) is 1. The van der Waals surface area contributed by atoms with Gasteiger partial charge in [0.05, 0.1) is 12.7 Å². The number of hydrogen-bond acceptors (Lipinski definition) is 4. The zero-order valence-electron chi connectivity index (χ0n) is 20.1. The van der Waals surface area contributed by atoms with Crippen molar-refractivity contribution in [1.29, 1.82) is 0 Å². The third-order valence-electron chi connectivity index (χ3n) is 5.89. The van der Waals surface area contributed by atoms with E-state index < -0.39 is 0 Å². The van der Waals surface area contributed by atoms with Crippen LogP contribution in [0.2, 0.25) is 0 Å². The first-order valence-electron chi connectivity index (χ1n) is 11.5. The van der Waals surface area contributed by atoms with Gasteiger partial charge < -0.3 is 20.3 Å². The summed E-state index contributed by atoms with van der Waals surface area (Å²) in [5, 5.41) is 7.11. The Morgan fingerprint density at radius 3 is 2.48 bits per heavy atom. The largest absolute Gasteiger partial charge is 0.377 e. The van der Waals surface area contributed by atoms with Crippen LogP contribution in [-0.4, -0.2) is 80.8 Å². The van der Waals surface area contributed by atoms with Crippen molar-refractivity contribution in [3.8, 4) is 0 Å². The van der Waals surface area contributed by atoms with Gasteiger partial charge in [-0.2, -0.15) is 0 Å². The Morgan fingerprint density at radius 1 is 1.19 bits per heavy atom. The molecular formula is C24H44IN5O. The second-order valence-electron chi connectivity index (χ2n) is 8.72. The predicted octanol–water partition coefficient (Wildman–Crippen LogP) is 3.57. The second kappa shape index (κ2) is 15.8. The van der Waals surface area contributed by atoms with Gasteiger partial charge >= 0.3 is 0 Å². The van der Waals surface area contributed by atoms with Gasteiger partial charge in [0.1, 0.15) is 0 Å². The average molecular weight is 546 g/mol. The van der Waals surface area contributed by atoms with Crippen LogP contribution in [0.25, 0.3) is 0 Å². The van der Waals surface area contributed by atoms with Crippen molar-refractivity contribution in [3.05, 3.63) is 35.9 Å². The number of aliphatic imine (C=N–C) groups is 1. The van der Waals surface area contributed by atoms with Crippen LogP contribution in [0.1, 0.15) is 45.6 Å². The van der Waals surface area contributed by atoms with E-state index in [9.17, 15) is 0 Å². The first kappa shape index (κ1) is 28.1. The van der Waals surface area contributed by atoms with E-state index in [1.807, 2.05) is 7.05 Å². The van der Waals surface area contributed by atoms with Crippen molar-refractivity contribution in [2.24, 2.45) is 4.99 Å². The zero-order valence-corrected chi connectivity index (χ0v) is 22.5. The number of benzene rings is 1. The van der Waals surface area contributed by atoms with Gasteiger partial charge in [0.15, 0.2) is 5.96 Å². The van der Waals surface area contributed by atoms with E-state index >= 15 is 0 Å². The van der Waals surface area contributed by atoms with E-state index in [1.165, 1.54) is 5.56 Å². The molecule has 1 unspecified atom stereocenters. The van der Waals surface area contributed by atoms with Crippen LogP contribution in [0.5, 0.6) is 0 Å². The monoisotopic (exact) mass is 545 g/mol. The molecular weight excluding hydrogens is 501 g/mol. The van der Waals surface area contributed by atoms with Gasteiger partial charge in [0, 0.05) is 51.9 Å². The SMILES string of the molecule is CN=C(NCCC(C)N(C)Cc1ccccc1)NC1CCN(CCOC(C)C)CC1.I. The van der Waals surface area contributed by atoms with Crippen LogP contribution < -0.4 is 10.6 Å². The Balaban J connectivity index is 0.00000480. The maximum atomic E-state index is 5.68. The van der Waals surface area contributed by atoms with Gasteiger partial charge in [-0.05, 0) is 52.6 Å². The van der Waals surface area contributed by atoms with Crippen molar-refractivity contribution in [3.63, 3.8) is 0 Å². The fourth-order valence-corrected chi connectivity index (χ4v) is 3.75. The molecule has 7 heteroatoms. The number of halogens is 1. The number of nitrogens with zero attached hydrogens (tertiary/aromatic N) is 3. The molecule has 0 radical (unpaired) electrons. The summed E-state index contributed by atoms with van der Waals surface area (Å²) in [6, 6.07) is 11.7. The molecule has 1 aliphatic rings. The van der Waals surface area contributed by atoms with E-state index in [2.05, 4.69) is 83.6 Å². The number of piperidine rings is 1. The molecule has 0 spiro atoms. The minimum absolute atomic E-state index is 0. The van der Waals surface area contributed by atoms with Crippen LogP contribution >= 0.6 is 24.0 Å². The van der Waals surface area contributed by atoms with Crippen molar-refractivity contribution in [1.82, 2.24) is 20.4 Å². The number of likely N-dealkylation sites (tertiary alicyclic amines) is 1. The summed E-state index contributed by atoms with van der Waals surface area (Å²) < 4.78 is 5.68. The fraction of sp³-hybridized carbons (Fsp3) is 0.708. The molecule has 0 amide bonds. The molecule has 6 nitrogen and oxygen atoms in total. The van der Waals surface area contributed by atoms with E-state index in [0.29, 0.717) is 18.2 Å². The summed E-state index contributed by atoms with van der Waals surface area (Å²) in [6.07, 6.45) is 3.70. The van der Waals surface area contributed by atoms with Gasteiger partial charge in [-0.15, -0.1) is 24.0 Å². The molecule has 1 heterocycles. The summed E-state index contributed by atoms with van der Waals surface area (Å²) in [6.45, 7) is 12.5. The Morgan fingerprint density at radius 2 is 1.87 bits per heavy atom. The van der Waals surface area contributed by atoms with E-state index in [0.717, 1.165) is 64.6 Å². The molecule has 0 saturated carbocycles. The molecule has 0 bridgehead atoms. The van der Waals surface area contributed by atoms with E-state index in [4.69, 9.17) is 4.74 Å². The Bertz CT molecular complexity index is 605. The quantitative estimate of drug-likeness (QED) is 0.253. The molecule has 1 saturated heterocycles. The summed E-state index contributed by atoms with van der Waals surface area (Å²) in [5.74, 6) is 0.925. The fourth-order valence-electron chi connectivity index (χ4n) is 3.75. The third-order valence-corrected chi connectivity index (χ3v) is 5.89. The Kier molecular flexibility index (Phi) is 14.4. The van der Waals surface area contributed by atoms with Crippen molar-refractivity contribution in [2.75, 3.05) is 46.9 Å². The highest BCUT2D eigenvalue weighted by atomic mass is 127. The maximum absolute atomic E-state index is 5.68. The number of rotatable bonds is 11. The van der Waals surface area contributed by atoms with Gasteiger partial charge in [0.25, 0.3) is 0 Å². The molecule has 0 aliphatic carbocycles. The molecule has 2 N–H and O–H groups in total. The van der Waals surface area contributed by atoms with Crippen molar-refractivity contribution >= 4 is 29.9 Å². The first-order chi connectivity index (χ1) is 14.5. The van der Waals surface area contributed by atoms with Crippen LogP contribution in [-0.2, 0) is 11.3 Å². The number of guanidine groups is 1. The highest BCUT2D eigenvalue weighted by molar-refractivity contribution is 14.0. The summed E-state index contributed by atoms with van der Waals surface area (Å²) in [5.41, 5.74) is 1.36. The summed E-state index contributed by atoms with van der Waals surface area (Å²) in [4.78, 5) is 9.34. The minimum atomic E-state index is 0. The lowest BCUT2D eigenvalue weighted by Gasteiger charge is -2.33. The van der Waals surface area contributed by atoms with Crippen LogP contribution in [0, 0.1) is 0 Å². The summed E-state index contributed by atoms with van der Waals surface area (Å²) >= 11 is 0. The molecule has 2 rings (SSSR count). The lowest BCUT2D eigenvalue weighted by Crippen LogP contribution is -2.49. The van der Waals surface area contributed by atoms with Gasteiger partial charge in [-0.25, -0.2) is 0 Å². The lowest BCUT2D eigenvalue weighted by atomic mass is 10.1. The molecule has 1 aromatic carbocycles. The standard InChI is InChI=1S/C24H43N5O.HI/c1-20(2)30-18-17-29-15-12-23(13-16-29)27-24(25-4)26-14-11-21(3)28(5)19-22-9-7-6-8-10-22;/h6-10,20-21,23H,11-19H2,1-5H3,(H2,25,26,27);1H. The minimum Gasteiger partial charge on any atom is -0.377 e. The van der Waals surface area contributed by atoms with Crippen molar-refractivity contribution < 1.29 is 4.74 Å². The van der Waals surface area contributed by atoms with E-state index in [1.54, 1.807) is 0 Å². The lowest BCUT2D eigenvalue weighted by molar-refractivity contribution is 0.0532. The molecule has 31 heavy (non-hydrogen) atoms. The number of hydrogen-bond donors (Lipinski definition) is 2. The molecule has 178 valence electrons. The van der Waals surface area contributed by atoms with Gasteiger partial charge in [0.2, 0.25) is 0 Å². The molecule has 1 aliphatic heterocycles. The topological polar surface area (TPSA) is 52.1 Å². The molecule has 1 fully saturated rings. The Labute approximate surface area is 207 Å². The van der Waals surface area contributed by atoms with Gasteiger partial charge in [-0.3, -0.25) is 9.89 Å². The average Bonchev–Trinajstić information content (AvgIpc) is 2.74. The second-order valence-corrected chi connectivity index (χ2v) is 8.72. The molecule has 1 atom stereocenters. The predicted molar refractivity (Wildman–Crippen MR) is 142 cm³/mol. The first-order valence-corrected chi connectivity index (χ1v) is 11.5.